The van der Waals surface area contributed by atoms with Gasteiger partial charge >= 0.3 is 5.97 Å². The van der Waals surface area contributed by atoms with E-state index >= 15 is 0 Å². The maximum absolute atomic E-state index is 11.7. The summed E-state index contributed by atoms with van der Waals surface area (Å²) in [5.41, 5.74) is -0.241. The van der Waals surface area contributed by atoms with E-state index in [1.165, 1.54) is 0 Å². The Morgan fingerprint density at radius 2 is 1.82 bits per heavy atom. The van der Waals surface area contributed by atoms with Gasteiger partial charge in [-0.1, -0.05) is 26.8 Å². The molecule has 3 heteroatoms. The van der Waals surface area contributed by atoms with Crippen molar-refractivity contribution in [2.24, 2.45) is 5.41 Å². The Morgan fingerprint density at radius 3 is 2.12 bits per heavy atom. The summed E-state index contributed by atoms with van der Waals surface area (Å²) in [5.74, 6) is -0.156. The largest absolute Gasteiger partial charge is 0.459 e. The third-order valence-corrected chi connectivity index (χ3v) is 2.83. The van der Waals surface area contributed by atoms with Crippen molar-refractivity contribution in [3.63, 3.8) is 0 Å². The highest BCUT2D eigenvalue weighted by Gasteiger charge is 2.52. The van der Waals surface area contributed by atoms with Crippen molar-refractivity contribution in [2.45, 2.75) is 59.2 Å². The Hall–Kier alpha value is -0.830. The van der Waals surface area contributed by atoms with Gasteiger partial charge in [0.15, 0.2) is 0 Å². The molecule has 1 saturated heterocycles. The first-order valence-corrected chi connectivity index (χ1v) is 6.16. The minimum Gasteiger partial charge on any atom is -0.459 e. The second-order valence-electron chi connectivity index (χ2n) is 6.80. The van der Waals surface area contributed by atoms with E-state index in [9.17, 15) is 4.79 Å². The summed E-state index contributed by atoms with van der Waals surface area (Å²) in [6, 6.07) is 0.704. The summed E-state index contributed by atoms with van der Waals surface area (Å²) in [5, 5.41) is 0. The minimum atomic E-state index is -0.409. The predicted octanol–water partition coefficient (Wildman–Crippen LogP) is 2.61. The highest BCUT2D eigenvalue weighted by atomic mass is 16.6. The number of carbonyl (C=O) groups excluding carboxylic acids is 1. The van der Waals surface area contributed by atoms with E-state index in [2.05, 4.69) is 32.3 Å². The van der Waals surface area contributed by atoms with Gasteiger partial charge in [-0.3, -0.25) is 9.69 Å². The summed E-state index contributed by atoms with van der Waals surface area (Å²) < 4.78 is 5.33. The number of esters is 1. The summed E-state index contributed by atoms with van der Waals surface area (Å²) in [6.07, 6.45) is 1.92. The first-order chi connectivity index (χ1) is 7.56. The van der Waals surface area contributed by atoms with Crippen LogP contribution in [0.5, 0.6) is 0 Å². The van der Waals surface area contributed by atoms with Gasteiger partial charge in [0, 0.05) is 12.1 Å². The Kier molecular flexibility index (Phi) is 3.72. The number of nitrogens with zero attached hydrogens (tertiary/aromatic N) is 1. The number of hydrogen-bond acceptors (Lipinski definition) is 3. The van der Waals surface area contributed by atoms with Crippen LogP contribution in [0.1, 0.15) is 41.5 Å². The van der Waals surface area contributed by atoms with E-state index in [0.29, 0.717) is 18.6 Å². The molecule has 17 heavy (non-hydrogen) atoms. The number of rotatable bonds is 3. The fourth-order valence-electron chi connectivity index (χ4n) is 2.30. The van der Waals surface area contributed by atoms with E-state index in [1.54, 1.807) is 0 Å². The Morgan fingerprint density at radius 1 is 1.29 bits per heavy atom. The molecule has 0 aromatic rings. The molecule has 0 aromatic heterocycles. The first kappa shape index (κ1) is 14.2. The van der Waals surface area contributed by atoms with Crippen molar-refractivity contribution >= 4 is 5.97 Å². The van der Waals surface area contributed by atoms with Crippen LogP contribution in [0.2, 0.25) is 0 Å². The zero-order valence-corrected chi connectivity index (χ0v) is 11.9. The molecule has 1 unspecified atom stereocenters. The third-order valence-electron chi connectivity index (χ3n) is 2.83. The summed E-state index contributed by atoms with van der Waals surface area (Å²) >= 11 is 0. The van der Waals surface area contributed by atoms with Crippen LogP contribution in [0.3, 0.4) is 0 Å². The Labute approximate surface area is 105 Å². The van der Waals surface area contributed by atoms with Crippen molar-refractivity contribution in [3.05, 3.63) is 12.7 Å². The molecule has 0 spiro atoms. The van der Waals surface area contributed by atoms with Crippen LogP contribution in [0.25, 0.3) is 0 Å². The molecule has 1 fully saturated rings. The molecule has 0 aromatic carbocycles. The maximum atomic E-state index is 11.7. The van der Waals surface area contributed by atoms with Gasteiger partial charge in [-0.15, -0.1) is 6.58 Å². The molecule has 98 valence electrons. The van der Waals surface area contributed by atoms with E-state index in [0.717, 1.165) is 0 Å². The second kappa shape index (κ2) is 4.45. The van der Waals surface area contributed by atoms with Gasteiger partial charge in [-0.2, -0.15) is 0 Å². The van der Waals surface area contributed by atoms with Crippen LogP contribution in [-0.2, 0) is 9.53 Å². The zero-order valence-electron chi connectivity index (χ0n) is 11.9. The second-order valence-corrected chi connectivity index (χ2v) is 6.80. The minimum absolute atomic E-state index is 0.156. The number of hydrogen-bond donors (Lipinski definition) is 0. The third kappa shape index (κ3) is 3.84. The summed E-state index contributed by atoms with van der Waals surface area (Å²) in [6.45, 7) is 16.4. The molecule has 0 amide bonds. The van der Waals surface area contributed by atoms with Crippen LogP contribution in [0.15, 0.2) is 12.7 Å². The quantitative estimate of drug-likeness (QED) is 0.431. The lowest BCUT2D eigenvalue weighted by molar-refractivity contribution is -0.155. The molecule has 1 aliphatic heterocycles. The maximum Gasteiger partial charge on any atom is 0.320 e. The van der Waals surface area contributed by atoms with Gasteiger partial charge in [-0.25, -0.2) is 0 Å². The SMILES string of the molecule is C=C[C@H]1[C@@H](C(C)(C)C)N1CC(=O)OC(C)(C)C. The molecule has 1 rings (SSSR count). The van der Waals surface area contributed by atoms with Gasteiger partial charge in [0.2, 0.25) is 0 Å². The van der Waals surface area contributed by atoms with Gasteiger partial charge in [0.05, 0.1) is 6.54 Å². The molecule has 0 radical (unpaired) electrons. The van der Waals surface area contributed by atoms with Crippen molar-refractivity contribution in [3.8, 4) is 0 Å². The summed E-state index contributed by atoms with van der Waals surface area (Å²) in [4.78, 5) is 13.9. The molecule has 0 aliphatic carbocycles. The average molecular weight is 239 g/mol. The van der Waals surface area contributed by atoms with E-state index < -0.39 is 5.60 Å². The fourth-order valence-corrected chi connectivity index (χ4v) is 2.30. The Balaban J connectivity index is 2.54. The lowest BCUT2D eigenvalue weighted by Gasteiger charge is -2.21. The van der Waals surface area contributed by atoms with Gasteiger partial charge in [0.25, 0.3) is 0 Å². The van der Waals surface area contributed by atoms with E-state index in [-0.39, 0.29) is 11.4 Å². The lowest BCUT2D eigenvalue weighted by atomic mass is 9.90. The monoisotopic (exact) mass is 239 g/mol. The highest BCUT2D eigenvalue weighted by Crippen LogP contribution is 2.41. The average Bonchev–Trinajstić information content (AvgIpc) is 2.73. The number of ether oxygens (including phenoxy) is 1. The molecule has 0 saturated carbocycles. The van der Waals surface area contributed by atoms with Crippen molar-refractivity contribution in [1.82, 2.24) is 4.90 Å². The first-order valence-electron chi connectivity index (χ1n) is 6.16. The normalized spacial score (nSPS) is 28.7. The van der Waals surface area contributed by atoms with Crippen molar-refractivity contribution in [1.29, 1.82) is 0 Å². The van der Waals surface area contributed by atoms with Gasteiger partial charge < -0.3 is 4.74 Å². The fraction of sp³-hybridized carbons (Fsp3) is 0.786. The molecule has 0 N–H and O–H groups in total. The molecule has 1 heterocycles. The van der Waals surface area contributed by atoms with E-state index in [1.807, 2.05) is 26.8 Å². The molecule has 1 aliphatic rings. The molecular formula is C14H25NO2. The van der Waals surface area contributed by atoms with Crippen LogP contribution < -0.4 is 0 Å². The smallest absolute Gasteiger partial charge is 0.320 e. The highest BCUT2D eigenvalue weighted by molar-refractivity contribution is 5.73. The van der Waals surface area contributed by atoms with Crippen LogP contribution in [0.4, 0.5) is 0 Å². The molecular weight excluding hydrogens is 214 g/mol. The zero-order chi connectivity index (χ0) is 13.4. The van der Waals surface area contributed by atoms with Crippen molar-refractivity contribution in [2.75, 3.05) is 6.54 Å². The van der Waals surface area contributed by atoms with Gasteiger partial charge in [0.1, 0.15) is 5.60 Å². The standard InChI is InChI=1S/C14H25NO2/c1-8-10-12(13(2,3)4)15(10)9-11(16)17-14(5,6)7/h8,10,12H,1,9H2,2-7H3/t10-,12-,15?/m0/s1. The topological polar surface area (TPSA) is 29.3 Å². The molecule has 3 atom stereocenters. The van der Waals surface area contributed by atoms with Gasteiger partial charge in [-0.05, 0) is 26.2 Å². The Bertz CT molecular complexity index is 309. The van der Waals surface area contributed by atoms with E-state index in [4.69, 9.17) is 4.74 Å². The molecule has 0 bridgehead atoms. The summed E-state index contributed by atoms with van der Waals surface area (Å²) in [7, 11) is 0. The lowest BCUT2D eigenvalue weighted by Crippen LogP contribution is -2.30. The predicted molar refractivity (Wildman–Crippen MR) is 69.8 cm³/mol. The number of carbonyl (C=O) groups is 1. The van der Waals surface area contributed by atoms with Crippen LogP contribution in [0, 0.1) is 5.41 Å². The van der Waals surface area contributed by atoms with Crippen LogP contribution >= 0.6 is 0 Å². The van der Waals surface area contributed by atoms with Crippen molar-refractivity contribution < 1.29 is 9.53 Å². The van der Waals surface area contributed by atoms with Crippen LogP contribution in [-0.4, -0.2) is 35.1 Å². The molecule has 3 nitrogen and oxygen atoms in total.